The van der Waals surface area contributed by atoms with Crippen LogP contribution in [0.25, 0.3) is 0 Å². The van der Waals surface area contributed by atoms with E-state index < -0.39 is 0 Å². The zero-order chi connectivity index (χ0) is 17.7. The van der Waals surface area contributed by atoms with Gasteiger partial charge in [0.1, 0.15) is 0 Å². The molecule has 24 heavy (non-hydrogen) atoms. The molecule has 0 heterocycles. The third-order valence-electron chi connectivity index (χ3n) is 4.98. The molecule has 1 unspecified atom stereocenters. The summed E-state index contributed by atoms with van der Waals surface area (Å²) in [5.74, 6) is 0. The van der Waals surface area contributed by atoms with Crippen LogP contribution in [0.2, 0.25) is 0 Å². The van der Waals surface area contributed by atoms with Gasteiger partial charge in [0.05, 0.1) is 6.10 Å². The molecule has 0 aliphatic carbocycles. The Bertz CT molecular complexity index is 220. The summed E-state index contributed by atoms with van der Waals surface area (Å²) in [4.78, 5) is 0. The molecule has 0 saturated carbocycles. The predicted molar refractivity (Wildman–Crippen MR) is 109 cm³/mol. The van der Waals surface area contributed by atoms with Crippen LogP contribution in [0.15, 0.2) is 0 Å². The van der Waals surface area contributed by atoms with Gasteiger partial charge >= 0.3 is 0 Å². The fraction of sp³-hybridized carbons (Fsp3) is 1.00. The second kappa shape index (κ2) is 21.0. The second-order valence-corrected chi connectivity index (χ2v) is 7.60. The van der Waals surface area contributed by atoms with E-state index in [1.54, 1.807) is 0 Å². The molecule has 146 valence electrons. The van der Waals surface area contributed by atoms with Crippen LogP contribution in [-0.4, -0.2) is 24.3 Å². The summed E-state index contributed by atoms with van der Waals surface area (Å²) in [5, 5.41) is 13.4. The minimum Gasteiger partial charge on any atom is -0.392 e. The monoisotopic (exact) mass is 341 g/mol. The van der Waals surface area contributed by atoms with Gasteiger partial charge in [0.25, 0.3) is 0 Å². The molecule has 0 aromatic heterocycles. The first-order valence-corrected chi connectivity index (χ1v) is 11.2. The molecule has 1 atom stereocenters. The number of rotatable bonds is 20. The molecule has 0 amide bonds. The predicted octanol–water partition coefficient (Wildman–Crippen LogP) is 6.61. The molecule has 2 N–H and O–H groups in total. The zero-order valence-corrected chi connectivity index (χ0v) is 17.0. The Morgan fingerprint density at radius 1 is 0.583 bits per heavy atom. The average Bonchev–Trinajstić information content (AvgIpc) is 2.59. The van der Waals surface area contributed by atoms with Gasteiger partial charge in [0.15, 0.2) is 0 Å². The highest BCUT2D eigenvalue weighted by atomic mass is 16.3. The van der Waals surface area contributed by atoms with E-state index in [4.69, 9.17) is 0 Å². The number of hydrogen-bond donors (Lipinski definition) is 2. The van der Waals surface area contributed by atoms with Crippen molar-refractivity contribution in [2.24, 2.45) is 0 Å². The summed E-state index contributed by atoms with van der Waals surface area (Å²) in [7, 11) is 0. The van der Waals surface area contributed by atoms with Crippen molar-refractivity contribution in [3.05, 3.63) is 0 Å². The van der Waals surface area contributed by atoms with E-state index in [1.165, 1.54) is 103 Å². The van der Waals surface area contributed by atoms with Gasteiger partial charge in [-0.05, 0) is 19.4 Å². The molecule has 0 fully saturated rings. The van der Waals surface area contributed by atoms with Crippen LogP contribution in [0.4, 0.5) is 0 Å². The van der Waals surface area contributed by atoms with E-state index in [1.807, 2.05) is 0 Å². The molecular weight excluding hydrogens is 294 g/mol. The van der Waals surface area contributed by atoms with E-state index in [0.717, 1.165) is 19.5 Å². The summed E-state index contributed by atoms with van der Waals surface area (Å²) in [6.07, 6.45) is 22.5. The lowest BCUT2D eigenvalue weighted by atomic mass is 10.0. The molecule has 0 aliphatic heterocycles. The smallest absolute Gasteiger partial charge is 0.0664 e. The lowest BCUT2D eigenvalue weighted by Gasteiger charge is -2.11. The van der Waals surface area contributed by atoms with Gasteiger partial charge in [-0.15, -0.1) is 0 Å². The Kier molecular flexibility index (Phi) is 20.9. The average molecular weight is 342 g/mol. The normalized spacial score (nSPS) is 12.6. The number of aliphatic hydroxyl groups excluding tert-OH is 1. The highest BCUT2D eigenvalue weighted by molar-refractivity contribution is 4.60. The molecule has 0 aromatic rings. The standard InChI is InChI=1S/C22H47NO/c1-3-5-7-9-11-12-13-14-15-17-19-22(24)21-23-20-18-16-10-8-6-4-2/h22-24H,3-21H2,1-2H3. The van der Waals surface area contributed by atoms with Crippen molar-refractivity contribution >= 4 is 0 Å². The third kappa shape index (κ3) is 20.0. The van der Waals surface area contributed by atoms with E-state index >= 15 is 0 Å². The maximum Gasteiger partial charge on any atom is 0.0664 e. The van der Waals surface area contributed by atoms with Crippen molar-refractivity contribution < 1.29 is 5.11 Å². The van der Waals surface area contributed by atoms with E-state index in [2.05, 4.69) is 19.2 Å². The molecule has 0 radical (unpaired) electrons. The summed E-state index contributed by atoms with van der Waals surface area (Å²) < 4.78 is 0. The van der Waals surface area contributed by atoms with Gasteiger partial charge in [-0.25, -0.2) is 0 Å². The van der Waals surface area contributed by atoms with Gasteiger partial charge in [-0.3, -0.25) is 0 Å². The summed E-state index contributed by atoms with van der Waals surface area (Å²) >= 11 is 0. The van der Waals surface area contributed by atoms with Crippen molar-refractivity contribution in [1.29, 1.82) is 0 Å². The number of nitrogens with one attached hydrogen (secondary N) is 1. The summed E-state index contributed by atoms with van der Waals surface area (Å²) in [6, 6.07) is 0. The molecule has 2 heteroatoms. The number of aliphatic hydroxyl groups is 1. The van der Waals surface area contributed by atoms with Crippen molar-refractivity contribution in [3.63, 3.8) is 0 Å². The molecule has 0 saturated heterocycles. The van der Waals surface area contributed by atoms with Crippen molar-refractivity contribution in [2.75, 3.05) is 13.1 Å². The first kappa shape index (κ1) is 23.9. The SMILES string of the molecule is CCCCCCCCCCCCC(O)CNCCCCCCCC. The molecule has 0 aliphatic rings. The third-order valence-corrected chi connectivity index (χ3v) is 4.98. The molecule has 2 nitrogen and oxygen atoms in total. The minimum absolute atomic E-state index is 0.140. The summed E-state index contributed by atoms with van der Waals surface area (Å²) in [5.41, 5.74) is 0. The van der Waals surface area contributed by atoms with Crippen LogP contribution in [0.1, 0.15) is 123 Å². The first-order chi connectivity index (χ1) is 11.8. The molecule has 0 aromatic carbocycles. The minimum atomic E-state index is -0.140. The van der Waals surface area contributed by atoms with Crippen LogP contribution in [-0.2, 0) is 0 Å². The maximum absolute atomic E-state index is 9.98. The highest BCUT2D eigenvalue weighted by Gasteiger charge is 2.03. The van der Waals surface area contributed by atoms with Crippen LogP contribution in [0, 0.1) is 0 Å². The molecule has 0 spiro atoms. The Labute approximate surface area is 153 Å². The highest BCUT2D eigenvalue weighted by Crippen LogP contribution is 2.12. The number of unbranched alkanes of at least 4 members (excludes halogenated alkanes) is 14. The van der Waals surface area contributed by atoms with Crippen molar-refractivity contribution in [3.8, 4) is 0 Å². The molecular formula is C22H47NO. The van der Waals surface area contributed by atoms with Crippen molar-refractivity contribution in [1.82, 2.24) is 5.32 Å². The van der Waals surface area contributed by atoms with E-state index in [-0.39, 0.29) is 6.10 Å². The van der Waals surface area contributed by atoms with Gasteiger partial charge in [-0.1, -0.05) is 110 Å². The topological polar surface area (TPSA) is 32.3 Å². The first-order valence-electron chi connectivity index (χ1n) is 11.2. The van der Waals surface area contributed by atoms with E-state index in [9.17, 15) is 5.11 Å². The quantitative estimate of drug-likeness (QED) is 0.244. The van der Waals surface area contributed by atoms with Crippen LogP contribution in [0.5, 0.6) is 0 Å². The van der Waals surface area contributed by atoms with Crippen LogP contribution < -0.4 is 5.32 Å². The molecule has 0 rings (SSSR count). The fourth-order valence-electron chi connectivity index (χ4n) is 3.27. The van der Waals surface area contributed by atoms with E-state index in [0.29, 0.717) is 0 Å². The zero-order valence-electron chi connectivity index (χ0n) is 17.0. The second-order valence-electron chi connectivity index (χ2n) is 7.60. The maximum atomic E-state index is 9.98. The Morgan fingerprint density at radius 3 is 1.50 bits per heavy atom. The van der Waals surface area contributed by atoms with Gasteiger partial charge in [0.2, 0.25) is 0 Å². The number of hydrogen-bond acceptors (Lipinski definition) is 2. The lowest BCUT2D eigenvalue weighted by molar-refractivity contribution is 0.158. The Balaban J connectivity index is 3.11. The Morgan fingerprint density at radius 2 is 1.00 bits per heavy atom. The van der Waals surface area contributed by atoms with Gasteiger partial charge in [0, 0.05) is 6.54 Å². The largest absolute Gasteiger partial charge is 0.392 e. The van der Waals surface area contributed by atoms with Crippen LogP contribution >= 0.6 is 0 Å². The fourth-order valence-corrected chi connectivity index (χ4v) is 3.27. The van der Waals surface area contributed by atoms with Gasteiger partial charge in [-0.2, -0.15) is 0 Å². The van der Waals surface area contributed by atoms with Gasteiger partial charge < -0.3 is 10.4 Å². The molecule has 0 bridgehead atoms. The van der Waals surface area contributed by atoms with Crippen molar-refractivity contribution in [2.45, 2.75) is 129 Å². The Hall–Kier alpha value is -0.0800. The van der Waals surface area contributed by atoms with Crippen LogP contribution in [0.3, 0.4) is 0 Å². The lowest BCUT2D eigenvalue weighted by Crippen LogP contribution is -2.27. The summed E-state index contributed by atoms with van der Waals surface area (Å²) in [6.45, 7) is 6.39.